The van der Waals surface area contributed by atoms with Crippen molar-refractivity contribution >= 4 is 11.8 Å². The summed E-state index contributed by atoms with van der Waals surface area (Å²) in [5.41, 5.74) is 0.152. The van der Waals surface area contributed by atoms with E-state index in [4.69, 9.17) is 9.15 Å². The molecule has 1 N–H and O–H groups in total. The molecule has 19 heavy (non-hydrogen) atoms. The molecule has 1 aromatic heterocycles. The third-order valence-corrected chi connectivity index (χ3v) is 5.46. The molecule has 3 atom stereocenters. The normalized spacial score (nSPS) is 32.8. The number of furan rings is 1. The Morgan fingerprint density at radius 2 is 2.37 bits per heavy atom. The van der Waals surface area contributed by atoms with Crippen molar-refractivity contribution in [1.82, 2.24) is 5.32 Å². The minimum Gasteiger partial charge on any atom is -0.465 e. The van der Waals surface area contributed by atoms with E-state index >= 15 is 0 Å². The first-order valence-corrected chi connectivity index (χ1v) is 8.36. The largest absolute Gasteiger partial charge is 0.465 e. The zero-order valence-corrected chi connectivity index (χ0v) is 12.6. The lowest BCUT2D eigenvalue weighted by atomic mass is 9.89. The van der Waals surface area contributed by atoms with Gasteiger partial charge in [0.1, 0.15) is 11.5 Å². The zero-order chi connectivity index (χ0) is 13.3. The molecule has 2 saturated heterocycles. The summed E-state index contributed by atoms with van der Waals surface area (Å²) < 4.78 is 11.8. The highest BCUT2D eigenvalue weighted by molar-refractivity contribution is 7.99. The van der Waals surface area contributed by atoms with Crippen LogP contribution in [0.5, 0.6) is 0 Å². The van der Waals surface area contributed by atoms with E-state index in [0.29, 0.717) is 6.04 Å². The number of nitrogens with one attached hydrogen (secondary N) is 1. The predicted octanol–water partition coefficient (Wildman–Crippen LogP) is 3.29. The molecule has 0 saturated carbocycles. The SMILES string of the molecule is Cc1ccc(C(C)NC2CCOC3(CCSC3)C2)o1. The first kappa shape index (κ1) is 13.5. The van der Waals surface area contributed by atoms with E-state index < -0.39 is 0 Å². The van der Waals surface area contributed by atoms with Crippen molar-refractivity contribution in [1.29, 1.82) is 0 Å². The molecule has 4 heteroatoms. The lowest BCUT2D eigenvalue weighted by Gasteiger charge is -2.39. The molecule has 2 aliphatic rings. The van der Waals surface area contributed by atoms with E-state index in [0.717, 1.165) is 31.0 Å². The molecule has 0 radical (unpaired) electrons. The molecule has 106 valence electrons. The Morgan fingerprint density at radius 1 is 1.47 bits per heavy atom. The fraction of sp³-hybridized carbons (Fsp3) is 0.733. The van der Waals surface area contributed by atoms with Crippen LogP contribution in [0.25, 0.3) is 0 Å². The van der Waals surface area contributed by atoms with E-state index in [-0.39, 0.29) is 11.6 Å². The van der Waals surface area contributed by atoms with Crippen LogP contribution in [0.4, 0.5) is 0 Å². The van der Waals surface area contributed by atoms with Crippen LogP contribution < -0.4 is 5.32 Å². The van der Waals surface area contributed by atoms with Crippen LogP contribution in [0.15, 0.2) is 16.5 Å². The lowest BCUT2D eigenvalue weighted by molar-refractivity contribution is -0.0714. The molecule has 3 unspecified atom stereocenters. The molecule has 0 aliphatic carbocycles. The van der Waals surface area contributed by atoms with Crippen molar-refractivity contribution < 1.29 is 9.15 Å². The van der Waals surface area contributed by atoms with E-state index in [1.54, 1.807) is 0 Å². The number of rotatable bonds is 3. The van der Waals surface area contributed by atoms with Crippen LogP contribution >= 0.6 is 11.8 Å². The van der Waals surface area contributed by atoms with Gasteiger partial charge in [-0.25, -0.2) is 0 Å². The average molecular weight is 281 g/mol. The van der Waals surface area contributed by atoms with Gasteiger partial charge < -0.3 is 14.5 Å². The first-order valence-electron chi connectivity index (χ1n) is 7.21. The van der Waals surface area contributed by atoms with Gasteiger partial charge >= 0.3 is 0 Å². The monoisotopic (exact) mass is 281 g/mol. The lowest BCUT2D eigenvalue weighted by Crippen LogP contribution is -2.47. The molecule has 3 rings (SSSR count). The Hall–Kier alpha value is -0.450. The Kier molecular flexibility index (Phi) is 3.92. The van der Waals surface area contributed by atoms with Crippen LogP contribution in [0, 0.1) is 6.92 Å². The minimum atomic E-state index is 0.152. The van der Waals surface area contributed by atoms with Gasteiger partial charge in [-0.2, -0.15) is 11.8 Å². The summed E-state index contributed by atoms with van der Waals surface area (Å²) in [6.07, 6.45) is 3.46. The van der Waals surface area contributed by atoms with Crippen LogP contribution in [-0.2, 0) is 4.74 Å². The van der Waals surface area contributed by atoms with Gasteiger partial charge in [0.2, 0.25) is 0 Å². The molecule has 3 nitrogen and oxygen atoms in total. The smallest absolute Gasteiger partial charge is 0.120 e. The van der Waals surface area contributed by atoms with E-state index in [1.165, 1.54) is 17.9 Å². The zero-order valence-electron chi connectivity index (χ0n) is 11.8. The number of ether oxygens (including phenoxy) is 1. The fourth-order valence-electron chi connectivity index (χ4n) is 3.16. The fourth-order valence-corrected chi connectivity index (χ4v) is 4.53. The topological polar surface area (TPSA) is 34.4 Å². The maximum atomic E-state index is 6.06. The molecule has 2 fully saturated rings. The van der Waals surface area contributed by atoms with Gasteiger partial charge in [-0.3, -0.25) is 0 Å². The molecular formula is C15H23NO2S. The third-order valence-electron chi connectivity index (χ3n) is 4.23. The Balaban J connectivity index is 1.60. The van der Waals surface area contributed by atoms with Crippen molar-refractivity contribution in [3.63, 3.8) is 0 Å². The van der Waals surface area contributed by atoms with Gasteiger partial charge in [-0.05, 0) is 51.0 Å². The highest BCUT2D eigenvalue weighted by atomic mass is 32.2. The predicted molar refractivity (Wildman–Crippen MR) is 78.6 cm³/mol. The summed E-state index contributed by atoms with van der Waals surface area (Å²) >= 11 is 2.03. The van der Waals surface area contributed by atoms with Crippen molar-refractivity contribution in [3.05, 3.63) is 23.7 Å². The number of thioether (sulfide) groups is 1. The van der Waals surface area contributed by atoms with Gasteiger partial charge in [0.25, 0.3) is 0 Å². The second-order valence-corrected chi connectivity index (χ2v) is 6.97. The van der Waals surface area contributed by atoms with E-state index in [2.05, 4.69) is 18.3 Å². The van der Waals surface area contributed by atoms with Gasteiger partial charge in [-0.1, -0.05) is 0 Å². The number of hydrogen-bond donors (Lipinski definition) is 1. The molecule has 0 amide bonds. The summed E-state index contributed by atoms with van der Waals surface area (Å²) in [4.78, 5) is 0. The Morgan fingerprint density at radius 3 is 3.05 bits per heavy atom. The van der Waals surface area contributed by atoms with Gasteiger partial charge in [0, 0.05) is 18.4 Å². The molecule has 1 aromatic rings. The Bertz CT molecular complexity index is 426. The molecule has 1 spiro atoms. The van der Waals surface area contributed by atoms with Gasteiger partial charge in [-0.15, -0.1) is 0 Å². The highest BCUT2D eigenvalue weighted by Gasteiger charge is 2.40. The molecular weight excluding hydrogens is 258 g/mol. The molecule has 3 heterocycles. The van der Waals surface area contributed by atoms with Crippen LogP contribution in [0.1, 0.15) is 43.7 Å². The standard InChI is InChI=1S/C15H23NO2S/c1-11-3-4-14(18-11)12(2)16-13-5-7-17-15(9-13)6-8-19-10-15/h3-4,12-13,16H,5-10H2,1-2H3. The van der Waals surface area contributed by atoms with Gasteiger partial charge in [0.05, 0.1) is 11.6 Å². The number of aryl methyl sites for hydroxylation is 1. The second kappa shape index (κ2) is 5.51. The number of hydrogen-bond acceptors (Lipinski definition) is 4. The third kappa shape index (κ3) is 3.01. The van der Waals surface area contributed by atoms with Crippen LogP contribution in [-0.4, -0.2) is 29.8 Å². The van der Waals surface area contributed by atoms with Gasteiger partial charge in [0.15, 0.2) is 0 Å². The maximum absolute atomic E-state index is 6.06. The summed E-state index contributed by atoms with van der Waals surface area (Å²) in [6.45, 7) is 5.07. The molecule has 2 aliphatic heterocycles. The van der Waals surface area contributed by atoms with Crippen LogP contribution in [0.2, 0.25) is 0 Å². The summed E-state index contributed by atoms with van der Waals surface area (Å²) in [7, 11) is 0. The summed E-state index contributed by atoms with van der Waals surface area (Å²) in [5, 5.41) is 3.72. The molecule has 0 bridgehead atoms. The highest BCUT2D eigenvalue weighted by Crippen LogP contribution is 2.38. The summed E-state index contributed by atoms with van der Waals surface area (Å²) in [5.74, 6) is 4.44. The van der Waals surface area contributed by atoms with Crippen LogP contribution in [0.3, 0.4) is 0 Å². The van der Waals surface area contributed by atoms with Crippen molar-refractivity contribution in [3.8, 4) is 0 Å². The second-order valence-electron chi connectivity index (χ2n) is 5.86. The Labute approximate surface area is 119 Å². The first-order chi connectivity index (χ1) is 9.17. The quantitative estimate of drug-likeness (QED) is 0.922. The summed E-state index contributed by atoms with van der Waals surface area (Å²) in [6, 6.07) is 4.94. The van der Waals surface area contributed by atoms with E-state index in [1.807, 2.05) is 24.8 Å². The average Bonchev–Trinajstić information content (AvgIpc) is 2.99. The van der Waals surface area contributed by atoms with E-state index in [9.17, 15) is 0 Å². The van der Waals surface area contributed by atoms with Crippen molar-refractivity contribution in [2.75, 3.05) is 18.1 Å². The maximum Gasteiger partial charge on any atom is 0.120 e. The van der Waals surface area contributed by atoms with Crippen molar-refractivity contribution in [2.45, 2.75) is 50.8 Å². The molecule has 0 aromatic carbocycles. The van der Waals surface area contributed by atoms with Crippen molar-refractivity contribution in [2.24, 2.45) is 0 Å². The minimum absolute atomic E-state index is 0.152.